The summed E-state index contributed by atoms with van der Waals surface area (Å²) >= 11 is 2.96. The van der Waals surface area contributed by atoms with E-state index < -0.39 is 21.1 Å². The first-order chi connectivity index (χ1) is 9.22. The first-order valence-electron chi connectivity index (χ1n) is 5.80. The van der Waals surface area contributed by atoms with Gasteiger partial charge < -0.3 is 0 Å². The van der Waals surface area contributed by atoms with Gasteiger partial charge in [-0.25, -0.2) is 0 Å². The molecular weight excluding hydrogens is 316 g/mol. The van der Waals surface area contributed by atoms with Gasteiger partial charge in [-0.3, -0.25) is 9.55 Å². The summed E-state index contributed by atoms with van der Waals surface area (Å²) < 4.78 is 32.4. The maximum Gasteiger partial charge on any atom is 0.333 e. The molecule has 8 heteroatoms. The van der Waals surface area contributed by atoms with Crippen molar-refractivity contribution in [1.82, 2.24) is 4.72 Å². The molecule has 112 valence electrons. The van der Waals surface area contributed by atoms with E-state index in [9.17, 15) is 8.42 Å². The number of nitrogens with zero attached hydrogens (tertiary/aromatic N) is 1. The third-order valence-electron chi connectivity index (χ3n) is 2.84. The molecule has 20 heavy (non-hydrogen) atoms. The van der Waals surface area contributed by atoms with Gasteiger partial charge in [-0.15, -0.1) is 17.9 Å². The summed E-state index contributed by atoms with van der Waals surface area (Å²) in [5.74, 6) is 0. The minimum absolute atomic E-state index is 0.545. The molecule has 0 aliphatic carbocycles. The average Bonchev–Trinajstić information content (AvgIpc) is 2.87. The van der Waals surface area contributed by atoms with Gasteiger partial charge in [0.25, 0.3) is 0 Å². The average molecular weight is 334 g/mol. The van der Waals surface area contributed by atoms with E-state index in [4.69, 9.17) is 4.55 Å². The van der Waals surface area contributed by atoms with Gasteiger partial charge in [-0.1, -0.05) is 23.9 Å². The Morgan fingerprint density at radius 1 is 1.70 bits per heavy atom. The Labute approximate surface area is 128 Å². The molecule has 1 rings (SSSR count). The van der Waals surface area contributed by atoms with Crippen LogP contribution >= 0.6 is 23.1 Å². The third kappa shape index (κ3) is 4.71. The highest BCUT2D eigenvalue weighted by atomic mass is 32.2. The Morgan fingerprint density at radius 2 is 2.35 bits per heavy atom. The van der Waals surface area contributed by atoms with E-state index in [1.54, 1.807) is 31.4 Å². The highest BCUT2D eigenvalue weighted by Crippen LogP contribution is 2.34. The van der Waals surface area contributed by atoms with Crippen LogP contribution in [0.5, 0.6) is 0 Å². The lowest BCUT2D eigenvalue weighted by Gasteiger charge is -2.31. The summed E-state index contributed by atoms with van der Waals surface area (Å²) in [5, 5.41) is 2.75. The van der Waals surface area contributed by atoms with Crippen molar-refractivity contribution in [1.29, 1.82) is 0 Å². The van der Waals surface area contributed by atoms with Gasteiger partial charge in [0.05, 0.1) is 9.62 Å². The van der Waals surface area contributed by atoms with Gasteiger partial charge in [-0.05, 0) is 25.3 Å². The zero-order valence-electron chi connectivity index (χ0n) is 11.5. The fourth-order valence-electron chi connectivity index (χ4n) is 1.46. The Balaban J connectivity index is 2.97. The summed E-state index contributed by atoms with van der Waals surface area (Å²) in [6, 6.07) is 3.33. The van der Waals surface area contributed by atoms with Crippen molar-refractivity contribution in [2.24, 2.45) is 4.99 Å². The second kappa shape index (κ2) is 6.86. The van der Waals surface area contributed by atoms with Crippen molar-refractivity contribution < 1.29 is 13.0 Å². The van der Waals surface area contributed by atoms with Crippen LogP contribution in [0.2, 0.25) is 0 Å². The lowest BCUT2D eigenvalue weighted by molar-refractivity contribution is 0.445. The molecule has 0 fully saturated rings. The number of nitrogens with one attached hydrogen (secondary N) is 1. The predicted molar refractivity (Wildman–Crippen MR) is 87.1 cm³/mol. The lowest BCUT2D eigenvalue weighted by atomic mass is 10.0. The molecule has 0 radical (unpaired) electrons. The Morgan fingerprint density at radius 3 is 2.75 bits per heavy atom. The molecule has 2 atom stereocenters. The van der Waals surface area contributed by atoms with Crippen LogP contribution in [0.4, 0.5) is 0 Å². The number of hydrogen-bond acceptors (Lipinski definition) is 5. The fraction of sp³-hybridized carbons (Fsp3) is 0.417. The summed E-state index contributed by atoms with van der Waals surface area (Å²) in [6.07, 6.45) is 1.65. The molecule has 1 unspecified atom stereocenters. The van der Waals surface area contributed by atoms with E-state index in [-0.39, 0.29) is 0 Å². The maximum atomic E-state index is 11.0. The smallest absolute Gasteiger partial charge is 0.280 e. The van der Waals surface area contributed by atoms with Crippen LogP contribution in [0.1, 0.15) is 18.7 Å². The molecule has 0 aliphatic rings. The van der Waals surface area contributed by atoms with Gasteiger partial charge in [-0.2, -0.15) is 13.1 Å². The van der Waals surface area contributed by atoms with E-state index >= 15 is 0 Å². The molecule has 1 aromatic heterocycles. The van der Waals surface area contributed by atoms with Gasteiger partial charge in [0.2, 0.25) is 0 Å². The highest BCUT2D eigenvalue weighted by molar-refractivity contribution is 8.16. The zero-order chi connectivity index (χ0) is 15.4. The van der Waals surface area contributed by atoms with Gasteiger partial charge in [0.15, 0.2) is 0 Å². The maximum absolute atomic E-state index is 11.0. The molecule has 0 aromatic carbocycles. The number of thioether (sulfide) groups is 1. The molecule has 1 aromatic rings. The van der Waals surface area contributed by atoms with Gasteiger partial charge in [0, 0.05) is 13.1 Å². The van der Waals surface area contributed by atoms with Crippen LogP contribution in [0.25, 0.3) is 0 Å². The number of rotatable bonds is 6. The Kier molecular flexibility index (Phi) is 5.96. The second-order valence-corrected chi connectivity index (χ2v) is 7.91. The van der Waals surface area contributed by atoms with Crippen molar-refractivity contribution in [2.45, 2.75) is 24.6 Å². The van der Waals surface area contributed by atoms with Gasteiger partial charge in [0.1, 0.15) is 5.04 Å². The number of hydrogen-bond donors (Lipinski definition) is 2. The van der Waals surface area contributed by atoms with E-state index in [1.165, 1.54) is 11.8 Å². The highest BCUT2D eigenvalue weighted by Gasteiger charge is 2.33. The molecule has 0 saturated carbocycles. The van der Waals surface area contributed by atoms with Crippen LogP contribution in [0.15, 0.2) is 35.2 Å². The fourth-order valence-corrected chi connectivity index (χ4v) is 4.15. The van der Waals surface area contributed by atoms with Crippen LogP contribution < -0.4 is 4.72 Å². The quantitative estimate of drug-likeness (QED) is 0.363. The first-order valence-corrected chi connectivity index (χ1v) is 8.93. The Bertz CT molecular complexity index is 581. The molecule has 5 nitrogen and oxygen atoms in total. The molecule has 0 spiro atoms. The van der Waals surface area contributed by atoms with Crippen molar-refractivity contribution in [3.05, 3.63) is 35.0 Å². The molecule has 2 N–H and O–H groups in total. The summed E-state index contributed by atoms with van der Waals surface area (Å²) in [6.45, 7) is 7.27. The van der Waals surface area contributed by atoms with E-state index in [0.717, 1.165) is 9.92 Å². The van der Waals surface area contributed by atoms with Gasteiger partial charge >= 0.3 is 10.3 Å². The zero-order valence-corrected chi connectivity index (χ0v) is 14.0. The molecule has 1 heterocycles. The monoisotopic (exact) mass is 334 g/mol. The molecular formula is C12H18N2O3S3. The third-order valence-corrected chi connectivity index (χ3v) is 6.06. The van der Waals surface area contributed by atoms with E-state index in [1.807, 2.05) is 24.4 Å². The normalized spacial score (nSPS) is 17.5. The number of thiophene rings is 1. The van der Waals surface area contributed by atoms with Crippen LogP contribution in [0, 0.1) is 0 Å². The lowest BCUT2D eigenvalue weighted by Crippen LogP contribution is -2.46. The Hall–Kier alpha value is -0.670. The summed E-state index contributed by atoms with van der Waals surface area (Å²) in [4.78, 5) is 5.25. The van der Waals surface area contributed by atoms with Crippen molar-refractivity contribution in [3.8, 4) is 0 Å². The minimum Gasteiger partial charge on any atom is -0.280 e. The van der Waals surface area contributed by atoms with Crippen molar-refractivity contribution in [2.75, 3.05) is 7.05 Å². The van der Waals surface area contributed by atoms with Crippen LogP contribution in [-0.4, -0.2) is 35.9 Å². The topological polar surface area (TPSA) is 78.8 Å². The second-order valence-electron chi connectivity index (χ2n) is 4.31. The van der Waals surface area contributed by atoms with Crippen LogP contribution in [0.3, 0.4) is 0 Å². The largest absolute Gasteiger partial charge is 0.333 e. The number of aliphatic imine (C=N–C) groups is 1. The minimum atomic E-state index is -4.26. The summed E-state index contributed by atoms with van der Waals surface area (Å²) in [5.41, 5.74) is 0. The SMILES string of the molecule is C=C[C@@](C)(SC(=NC)c1cccs1)C(C)NS(=O)(=O)O. The van der Waals surface area contributed by atoms with E-state index in [2.05, 4.69) is 16.3 Å². The first kappa shape index (κ1) is 17.4. The molecule has 0 bridgehead atoms. The molecule has 0 saturated heterocycles. The molecule has 0 amide bonds. The van der Waals surface area contributed by atoms with Crippen molar-refractivity contribution in [3.63, 3.8) is 0 Å². The van der Waals surface area contributed by atoms with Crippen LogP contribution in [-0.2, 0) is 10.3 Å². The van der Waals surface area contributed by atoms with E-state index in [0.29, 0.717) is 0 Å². The summed E-state index contributed by atoms with van der Waals surface area (Å²) in [7, 11) is -2.57. The predicted octanol–water partition coefficient (Wildman–Crippen LogP) is 2.58. The standard InChI is InChI=1S/C12H18N2O3S3/c1-5-12(3,9(2)14-20(15,16)17)19-11(13-4)10-7-6-8-18-10/h5-9,14H,1H2,2-4H3,(H,15,16,17)/t9?,12-/m1/s1. The molecule has 0 aliphatic heterocycles. The van der Waals surface area contributed by atoms with Crippen molar-refractivity contribution >= 4 is 38.4 Å².